The lowest BCUT2D eigenvalue weighted by atomic mass is 9.78. The Hall–Kier alpha value is -2.19. The van der Waals surface area contributed by atoms with Crippen LogP contribution in [0.3, 0.4) is 0 Å². The average molecular weight is 513 g/mol. The molecular formula is C29H41FN4O3. The molecule has 2 saturated heterocycles. The van der Waals surface area contributed by atoms with Crippen LogP contribution in [0.2, 0.25) is 0 Å². The van der Waals surface area contributed by atoms with Crippen LogP contribution in [0.25, 0.3) is 0 Å². The van der Waals surface area contributed by atoms with Crippen LogP contribution in [0.4, 0.5) is 10.1 Å². The number of carbonyl (C=O) groups excluding carboxylic acids is 2. The maximum Gasteiger partial charge on any atom is 0.246 e. The maximum absolute atomic E-state index is 14.8. The fraction of sp³-hybridized carbons (Fsp3) is 0.724. The third kappa shape index (κ3) is 4.65. The van der Waals surface area contributed by atoms with Crippen LogP contribution in [-0.4, -0.2) is 78.1 Å². The minimum Gasteiger partial charge on any atom is -0.379 e. The summed E-state index contributed by atoms with van der Waals surface area (Å²) >= 11 is 0. The Bertz CT molecular complexity index is 1010. The quantitative estimate of drug-likeness (QED) is 0.633. The SMILES string of the molecule is Cc1ccc(F)c2c1NC(C(=O)N[C@@H]1CCC[C@H](N3CCN(C4CCOC4)C(=O)C3)C1)(C1CCCC1)C2. The fourth-order valence-electron chi connectivity index (χ4n) is 7.73. The van der Waals surface area contributed by atoms with E-state index in [-0.39, 0.29) is 35.6 Å². The molecule has 3 heterocycles. The van der Waals surface area contributed by atoms with Gasteiger partial charge in [-0.15, -0.1) is 0 Å². The Labute approximate surface area is 219 Å². The largest absolute Gasteiger partial charge is 0.379 e. The van der Waals surface area contributed by atoms with Gasteiger partial charge in [-0.25, -0.2) is 4.39 Å². The number of ether oxygens (including phenoxy) is 1. The molecule has 1 aromatic carbocycles. The molecule has 202 valence electrons. The minimum atomic E-state index is -0.774. The average Bonchev–Trinajstić information content (AvgIpc) is 3.68. The molecule has 1 aromatic rings. The molecule has 2 unspecified atom stereocenters. The van der Waals surface area contributed by atoms with Crippen molar-refractivity contribution in [3.05, 3.63) is 29.1 Å². The highest BCUT2D eigenvalue weighted by molar-refractivity contribution is 5.93. The predicted octanol–water partition coefficient (Wildman–Crippen LogP) is 3.39. The number of nitrogens with zero attached hydrogens (tertiary/aromatic N) is 2. The van der Waals surface area contributed by atoms with E-state index in [1.807, 2.05) is 11.8 Å². The Balaban J connectivity index is 1.13. The number of aryl methyl sites for hydroxylation is 1. The first kappa shape index (κ1) is 25.1. The smallest absolute Gasteiger partial charge is 0.246 e. The van der Waals surface area contributed by atoms with E-state index < -0.39 is 5.54 Å². The number of hydrogen-bond acceptors (Lipinski definition) is 5. The van der Waals surface area contributed by atoms with Crippen molar-refractivity contribution in [3.8, 4) is 0 Å². The van der Waals surface area contributed by atoms with Crippen molar-refractivity contribution in [1.82, 2.24) is 15.1 Å². The van der Waals surface area contributed by atoms with E-state index in [9.17, 15) is 14.0 Å². The van der Waals surface area contributed by atoms with Crippen molar-refractivity contribution in [1.29, 1.82) is 0 Å². The molecule has 2 amide bonds. The summed E-state index contributed by atoms with van der Waals surface area (Å²) in [4.78, 5) is 31.3. The van der Waals surface area contributed by atoms with Crippen molar-refractivity contribution in [2.45, 2.75) is 94.8 Å². The zero-order chi connectivity index (χ0) is 25.6. The van der Waals surface area contributed by atoms with Crippen LogP contribution in [0.1, 0.15) is 68.9 Å². The molecule has 4 fully saturated rings. The molecule has 2 saturated carbocycles. The number of carbonyl (C=O) groups is 2. The maximum atomic E-state index is 14.8. The van der Waals surface area contributed by atoms with Gasteiger partial charge in [0.1, 0.15) is 11.4 Å². The highest BCUT2D eigenvalue weighted by Gasteiger charge is 2.52. The molecule has 0 radical (unpaired) electrons. The molecule has 0 bridgehead atoms. The van der Waals surface area contributed by atoms with Gasteiger partial charge in [0.2, 0.25) is 11.8 Å². The monoisotopic (exact) mass is 512 g/mol. The van der Waals surface area contributed by atoms with Crippen LogP contribution >= 0.6 is 0 Å². The van der Waals surface area contributed by atoms with Crippen molar-refractivity contribution in [2.75, 3.05) is 38.2 Å². The summed E-state index contributed by atoms with van der Waals surface area (Å²) < 4.78 is 20.3. The number of fused-ring (bicyclic) bond motifs is 1. The highest BCUT2D eigenvalue weighted by atomic mass is 19.1. The predicted molar refractivity (Wildman–Crippen MR) is 140 cm³/mol. The zero-order valence-electron chi connectivity index (χ0n) is 22.1. The number of rotatable bonds is 5. The second-order valence-corrected chi connectivity index (χ2v) is 12.0. The molecule has 4 atom stereocenters. The molecule has 6 rings (SSSR count). The summed E-state index contributed by atoms with van der Waals surface area (Å²) in [6, 6.07) is 3.95. The lowest BCUT2D eigenvalue weighted by molar-refractivity contribution is -0.140. The van der Waals surface area contributed by atoms with Crippen LogP contribution in [0.15, 0.2) is 12.1 Å². The first-order valence-corrected chi connectivity index (χ1v) is 14.4. The Morgan fingerprint density at radius 2 is 1.95 bits per heavy atom. The summed E-state index contributed by atoms with van der Waals surface area (Å²) in [5.41, 5.74) is 1.69. The number of nitrogens with one attached hydrogen (secondary N) is 2. The molecule has 7 nitrogen and oxygen atoms in total. The van der Waals surface area contributed by atoms with E-state index in [2.05, 4.69) is 15.5 Å². The van der Waals surface area contributed by atoms with Crippen LogP contribution in [-0.2, 0) is 20.7 Å². The van der Waals surface area contributed by atoms with E-state index in [0.717, 1.165) is 88.7 Å². The normalized spacial score (nSPS) is 33.0. The zero-order valence-corrected chi connectivity index (χ0v) is 22.1. The van der Waals surface area contributed by atoms with Crippen molar-refractivity contribution >= 4 is 17.5 Å². The summed E-state index contributed by atoms with van der Waals surface area (Å²) in [6.07, 6.45) is 9.53. The Morgan fingerprint density at radius 3 is 2.68 bits per heavy atom. The lowest BCUT2D eigenvalue weighted by Gasteiger charge is -2.44. The summed E-state index contributed by atoms with van der Waals surface area (Å²) in [6.45, 7) is 5.50. The van der Waals surface area contributed by atoms with Gasteiger partial charge < -0.3 is 20.3 Å². The number of benzene rings is 1. The van der Waals surface area contributed by atoms with Crippen molar-refractivity contribution in [3.63, 3.8) is 0 Å². The molecule has 0 spiro atoms. The molecule has 3 aliphatic heterocycles. The second-order valence-electron chi connectivity index (χ2n) is 12.0. The molecule has 37 heavy (non-hydrogen) atoms. The molecule has 2 aliphatic carbocycles. The molecular weight excluding hydrogens is 471 g/mol. The van der Waals surface area contributed by atoms with Crippen LogP contribution in [0, 0.1) is 18.7 Å². The van der Waals surface area contributed by atoms with Crippen LogP contribution in [0.5, 0.6) is 0 Å². The van der Waals surface area contributed by atoms with Gasteiger partial charge in [-0.2, -0.15) is 0 Å². The topological polar surface area (TPSA) is 73.9 Å². The Morgan fingerprint density at radius 1 is 1.11 bits per heavy atom. The van der Waals surface area contributed by atoms with Gasteiger partial charge in [0.15, 0.2) is 0 Å². The van der Waals surface area contributed by atoms with E-state index in [1.165, 1.54) is 6.07 Å². The lowest BCUT2D eigenvalue weighted by Crippen LogP contribution is -2.60. The number of anilines is 1. The first-order valence-electron chi connectivity index (χ1n) is 14.4. The Kier molecular flexibility index (Phi) is 6.90. The molecule has 8 heteroatoms. The van der Waals surface area contributed by atoms with Gasteiger partial charge in [0, 0.05) is 49.5 Å². The number of halogens is 1. The number of piperazine rings is 1. The standard InChI is InChI=1S/C29H41FN4O3/c1-19-9-10-25(30)24-16-29(32-27(19)24,20-5-2-3-6-20)28(36)31-21-7-4-8-22(15-21)33-12-13-34(26(35)17-33)23-11-14-37-18-23/h9-10,20-23,32H,2-8,11-18H2,1H3,(H,31,36)/t21-,22+,23?,29?/m1/s1. The second kappa shape index (κ2) is 10.2. The minimum absolute atomic E-state index is 0.0298. The van der Waals surface area contributed by atoms with Crippen molar-refractivity contribution < 1.29 is 18.7 Å². The van der Waals surface area contributed by atoms with E-state index in [0.29, 0.717) is 31.2 Å². The molecule has 0 aromatic heterocycles. The van der Waals surface area contributed by atoms with Gasteiger partial charge in [-0.05, 0) is 69.4 Å². The van der Waals surface area contributed by atoms with E-state index in [4.69, 9.17) is 4.74 Å². The van der Waals surface area contributed by atoms with Gasteiger partial charge in [-0.1, -0.05) is 18.9 Å². The first-order chi connectivity index (χ1) is 17.9. The van der Waals surface area contributed by atoms with Gasteiger partial charge in [0.25, 0.3) is 0 Å². The molecule has 5 aliphatic rings. The summed E-state index contributed by atoms with van der Waals surface area (Å²) in [5.74, 6) is 0.232. The fourth-order valence-corrected chi connectivity index (χ4v) is 7.73. The van der Waals surface area contributed by atoms with Crippen LogP contribution < -0.4 is 10.6 Å². The summed E-state index contributed by atoms with van der Waals surface area (Å²) in [5, 5.41) is 7.00. The number of hydrogen-bond donors (Lipinski definition) is 2. The van der Waals surface area contributed by atoms with Gasteiger partial charge >= 0.3 is 0 Å². The van der Waals surface area contributed by atoms with Crippen molar-refractivity contribution in [2.24, 2.45) is 5.92 Å². The third-order valence-corrected chi connectivity index (χ3v) is 9.86. The van der Waals surface area contributed by atoms with E-state index in [1.54, 1.807) is 6.07 Å². The molecule has 2 N–H and O–H groups in total. The van der Waals surface area contributed by atoms with E-state index >= 15 is 0 Å². The third-order valence-electron chi connectivity index (χ3n) is 9.86. The summed E-state index contributed by atoms with van der Waals surface area (Å²) in [7, 11) is 0. The van der Waals surface area contributed by atoms with Gasteiger partial charge in [0.05, 0.1) is 19.2 Å². The van der Waals surface area contributed by atoms with Gasteiger partial charge in [-0.3, -0.25) is 14.5 Å². The number of amides is 2. The highest BCUT2D eigenvalue weighted by Crippen LogP contribution is 2.46.